The van der Waals surface area contributed by atoms with Gasteiger partial charge in [0.1, 0.15) is 0 Å². The normalized spacial score (nSPS) is 27.9. The molecule has 0 aromatic carbocycles. The molecule has 0 bridgehead atoms. The molecular weight excluding hydrogens is 174 g/mol. The van der Waals surface area contributed by atoms with Crippen LogP contribution in [0.5, 0.6) is 0 Å². The fourth-order valence-electron chi connectivity index (χ4n) is 2.25. The zero-order valence-electron chi connectivity index (χ0n) is 9.47. The van der Waals surface area contributed by atoms with Crippen molar-refractivity contribution in [2.45, 2.75) is 58.0 Å². The fourth-order valence-corrected chi connectivity index (χ4v) is 2.25. The van der Waals surface area contributed by atoms with Gasteiger partial charge in [0.2, 0.25) is 0 Å². The van der Waals surface area contributed by atoms with Crippen molar-refractivity contribution < 1.29 is 5.11 Å². The largest absolute Gasteiger partial charge is 0.393 e. The highest BCUT2D eigenvalue weighted by molar-refractivity contribution is 4.73. The molecule has 0 aliphatic heterocycles. The SMILES string of the molecule is CCCCCNCC1CCCC(O)C1. The number of rotatable bonds is 6. The van der Waals surface area contributed by atoms with Crippen molar-refractivity contribution in [1.82, 2.24) is 5.32 Å². The topological polar surface area (TPSA) is 32.3 Å². The zero-order chi connectivity index (χ0) is 10.2. The number of hydrogen-bond donors (Lipinski definition) is 2. The van der Waals surface area contributed by atoms with E-state index in [1.54, 1.807) is 0 Å². The Hall–Kier alpha value is -0.0800. The highest BCUT2D eigenvalue weighted by Crippen LogP contribution is 2.23. The van der Waals surface area contributed by atoms with Gasteiger partial charge in [0, 0.05) is 0 Å². The minimum Gasteiger partial charge on any atom is -0.393 e. The Morgan fingerprint density at radius 3 is 2.86 bits per heavy atom. The molecule has 2 nitrogen and oxygen atoms in total. The Morgan fingerprint density at radius 1 is 1.29 bits per heavy atom. The summed E-state index contributed by atoms with van der Waals surface area (Å²) in [6.07, 6.45) is 8.45. The van der Waals surface area contributed by atoms with E-state index >= 15 is 0 Å². The third-order valence-corrected chi connectivity index (χ3v) is 3.15. The van der Waals surface area contributed by atoms with Crippen LogP contribution in [-0.2, 0) is 0 Å². The summed E-state index contributed by atoms with van der Waals surface area (Å²) < 4.78 is 0. The molecule has 1 aliphatic rings. The molecule has 0 amide bonds. The predicted octanol–water partition coefficient (Wildman–Crippen LogP) is 2.32. The molecule has 0 radical (unpaired) electrons. The van der Waals surface area contributed by atoms with Gasteiger partial charge in [-0.1, -0.05) is 26.2 Å². The number of nitrogens with one attached hydrogen (secondary N) is 1. The van der Waals surface area contributed by atoms with E-state index in [-0.39, 0.29) is 6.10 Å². The number of aliphatic hydroxyl groups excluding tert-OH is 1. The molecular formula is C12H25NO. The Kier molecular flexibility index (Phi) is 6.20. The van der Waals surface area contributed by atoms with Crippen LogP contribution in [-0.4, -0.2) is 24.3 Å². The van der Waals surface area contributed by atoms with Crippen LogP contribution in [0.2, 0.25) is 0 Å². The maximum atomic E-state index is 9.49. The van der Waals surface area contributed by atoms with Crippen LogP contribution < -0.4 is 5.32 Å². The van der Waals surface area contributed by atoms with Crippen molar-refractivity contribution >= 4 is 0 Å². The average molecular weight is 199 g/mol. The van der Waals surface area contributed by atoms with Gasteiger partial charge in [0.15, 0.2) is 0 Å². The molecule has 1 fully saturated rings. The van der Waals surface area contributed by atoms with Crippen LogP contribution in [0, 0.1) is 5.92 Å². The molecule has 1 rings (SSSR count). The Morgan fingerprint density at radius 2 is 2.14 bits per heavy atom. The van der Waals surface area contributed by atoms with Gasteiger partial charge in [-0.05, 0) is 44.7 Å². The first-order chi connectivity index (χ1) is 6.83. The molecule has 84 valence electrons. The van der Waals surface area contributed by atoms with E-state index < -0.39 is 0 Å². The lowest BCUT2D eigenvalue weighted by Crippen LogP contribution is -2.29. The molecule has 2 unspecified atom stereocenters. The van der Waals surface area contributed by atoms with Gasteiger partial charge in [-0.15, -0.1) is 0 Å². The van der Waals surface area contributed by atoms with E-state index in [2.05, 4.69) is 12.2 Å². The summed E-state index contributed by atoms with van der Waals surface area (Å²) in [5, 5.41) is 13.0. The Balaban J connectivity index is 1.95. The second-order valence-corrected chi connectivity index (χ2v) is 4.60. The van der Waals surface area contributed by atoms with Crippen LogP contribution in [0.25, 0.3) is 0 Å². The molecule has 0 spiro atoms. The van der Waals surface area contributed by atoms with E-state index in [1.165, 1.54) is 32.1 Å². The fraction of sp³-hybridized carbons (Fsp3) is 1.00. The monoisotopic (exact) mass is 199 g/mol. The van der Waals surface area contributed by atoms with Crippen molar-refractivity contribution in [3.63, 3.8) is 0 Å². The minimum atomic E-state index is -0.0220. The van der Waals surface area contributed by atoms with E-state index in [0.717, 1.165) is 31.8 Å². The van der Waals surface area contributed by atoms with Crippen LogP contribution >= 0.6 is 0 Å². The minimum absolute atomic E-state index is 0.0220. The zero-order valence-corrected chi connectivity index (χ0v) is 9.47. The highest BCUT2D eigenvalue weighted by atomic mass is 16.3. The molecule has 1 saturated carbocycles. The summed E-state index contributed by atoms with van der Waals surface area (Å²) in [5.41, 5.74) is 0. The van der Waals surface area contributed by atoms with Crippen molar-refractivity contribution in [1.29, 1.82) is 0 Å². The lowest BCUT2D eigenvalue weighted by Gasteiger charge is -2.25. The summed E-state index contributed by atoms with van der Waals surface area (Å²) in [5.74, 6) is 0.723. The molecule has 0 saturated heterocycles. The molecule has 2 heteroatoms. The van der Waals surface area contributed by atoms with Gasteiger partial charge in [0.05, 0.1) is 6.10 Å². The van der Waals surface area contributed by atoms with Crippen LogP contribution in [0.4, 0.5) is 0 Å². The van der Waals surface area contributed by atoms with Gasteiger partial charge in [-0.3, -0.25) is 0 Å². The summed E-state index contributed by atoms with van der Waals surface area (Å²) in [6, 6.07) is 0. The van der Waals surface area contributed by atoms with Gasteiger partial charge < -0.3 is 10.4 Å². The van der Waals surface area contributed by atoms with Gasteiger partial charge in [-0.2, -0.15) is 0 Å². The molecule has 14 heavy (non-hydrogen) atoms. The summed E-state index contributed by atoms with van der Waals surface area (Å²) in [4.78, 5) is 0. The van der Waals surface area contributed by atoms with Crippen LogP contribution in [0.3, 0.4) is 0 Å². The third kappa shape index (κ3) is 4.97. The van der Waals surface area contributed by atoms with Crippen LogP contribution in [0.15, 0.2) is 0 Å². The maximum Gasteiger partial charge on any atom is 0.0543 e. The Labute approximate surface area is 88.1 Å². The number of hydrogen-bond acceptors (Lipinski definition) is 2. The first-order valence-electron chi connectivity index (χ1n) is 6.21. The average Bonchev–Trinajstić information content (AvgIpc) is 2.18. The molecule has 0 aromatic heterocycles. The summed E-state index contributed by atoms with van der Waals surface area (Å²) in [6.45, 7) is 4.50. The van der Waals surface area contributed by atoms with Crippen molar-refractivity contribution in [2.75, 3.05) is 13.1 Å². The summed E-state index contributed by atoms with van der Waals surface area (Å²) in [7, 11) is 0. The molecule has 1 aliphatic carbocycles. The second-order valence-electron chi connectivity index (χ2n) is 4.60. The maximum absolute atomic E-state index is 9.49. The first kappa shape index (κ1) is 12.0. The number of aliphatic hydroxyl groups is 1. The smallest absolute Gasteiger partial charge is 0.0543 e. The first-order valence-corrected chi connectivity index (χ1v) is 6.21. The van der Waals surface area contributed by atoms with Crippen LogP contribution in [0.1, 0.15) is 51.9 Å². The van der Waals surface area contributed by atoms with Crippen molar-refractivity contribution in [3.05, 3.63) is 0 Å². The quantitative estimate of drug-likeness (QED) is 0.643. The third-order valence-electron chi connectivity index (χ3n) is 3.15. The number of unbranched alkanes of at least 4 members (excludes halogenated alkanes) is 2. The van der Waals surface area contributed by atoms with Gasteiger partial charge in [-0.25, -0.2) is 0 Å². The van der Waals surface area contributed by atoms with E-state index in [1.807, 2.05) is 0 Å². The molecule has 0 heterocycles. The van der Waals surface area contributed by atoms with E-state index in [4.69, 9.17) is 0 Å². The summed E-state index contributed by atoms with van der Waals surface area (Å²) >= 11 is 0. The highest BCUT2D eigenvalue weighted by Gasteiger charge is 2.19. The van der Waals surface area contributed by atoms with Gasteiger partial charge in [0.25, 0.3) is 0 Å². The Bertz CT molecular complexity index is 138. The lowest BCUT2D eigenvalue weighted by molar-refractivity contribution is 0.101. The molecule has 2 atom stereocenters. The standard InChI is InChI=1S/C12H25NO/c1-2-3-4-8-13-10-11-6-5-7-12(14)9-11/h11-14H,2-10H2,1H3. The van der Waals surface area contributed by atoms with E-state index in [0.29, 0.717) is 0 Å². The molecule has 2 N–H and O–H groups in total. The van der Waals surface area contributed by atoms with E-state index in [9.17, 15) is 5.11 Å². The predicted molar refractivity (Wildman–Crippen MR) is 60.4 cm³/mol. The molecule has 0 aromatic rings. The van der Waals surface area contributed by atoms with Crippen molar-refractivity contribution in [2.24, 2.45) is 5.92 Å². The van der Waals surface area contributed by atoms with Crippen molar-refractivity contribution in [3.8, 4) is 0 Å². The lowest BCUT2D eigenvalue weighted by atomic mass is 9.87. The van der Waals surface area contributed by atoms with Gasteiger partial charge >= 0.3 is 0 Å². The second kappa shape index (κ2) is 7.24.